The monoisotopic (exact) mass is 195 g/mol. The first kappa shape index (κ1) is 10.9. The summed E-state index contributed by atoms with van der Waals surface area (Å²) in [5.74, 6) is 0.807. The lowest BCUT2D eigenvalue weighted by Gasteiger charge is -2.10. The van der Waals surface area contributed by atoms with Crippen LogP contribution < -0.4 is 10.5 Å². The van der Waals surface area contributed by atoms with Gasteiger partial charge >= 0.3 is 0 Å². The van der Waals surface area contributed by atoms with Crippen LogP contribution in [0, 0.1) is 13.8 Å². The number of ether oxygens (including phenoxy) is 1. The summed E-state index contributed by atoms with van der Waals surface area (Å²) in [7, 11) is 0. The molecule has 0 saturated carbocycles. The molecule has 78 valence electrons. The minimum Gasteiger partial charge on any atom is -0.493 e. The molecule has 0 aliphatic carbocycles. The average Bonchev–Trinajstić information content (AvgIpc) is 2.14. The molecule has 0 saturated heterocycles. The van der Waals surface area contributed by atoms with Crippen LogP contribution in [0.5, 0.6) is 5.75 Å². The molecule has 0 heterocycles. The maximum Gasteiger partial charge on any atom is 0.124 e. The number of hydrogen-bond donors (Lipinski definition) is 2. The number of nitrogens with two attached hydrogens (primary N) is 1. The van der Waals surface area contributed by atoms with E-state index in [0.29, 0.717) is 13.0 Å². The summed E-state index contributed by atoms with van der Waals surface area (Å²) in [6, 6.07) is 3.84. The minimum atomic E-state index is 0.153. The maximum atomic E-state index is 8.61. The van der Waals surface area contributed by atoms with Crippen molar-refractivity contribution in [1.82, 2.24) is 0 Å². The third-order valence-electron chi connectivity index (χ3n) is 2.12. The van der Waals surface area contributed by atoms with Crippen molar-refractivity contribution in [3.05, 3.63) is 23.3 Å². The molecule has 3 N–H and O–H groups in total. The van der Waals surface area contributed by atoms with Crippen molar-refractivity contribution < 1.29 is 9.84 Å². The number of anilines is 1. The smallest absolute Gasteiger partial charge is 0.124 e. The summed E-state index contributed by atoms with van der Waals surface area (Å²) >= 11 is 0. The number of rotatable bonds is 4. The van der Waals surface area contributed by atoms with Crippen LogP contribution in [0.1, 0.15) is 17.5 Å². The lowest BCUT2D eigenvalue weighted by Crippen LogP contribution is -2.02. The van der Waals surface area contributed by atoms with Crippen molar-refractivity contribution in [2.45, 2.75) is 20.3 Å². The van der Waals surface area contributed by atoms with Gasteiger partial charge in [0.25, 0.3) is 0 Å². The van der Waals surface area contributed by atoms with E-state index in [1.54, 1.807) is 0 Å². The SMILES string of the molecule is Cc1cc(C)c(OCCCO)cc1N. The predicted octanol–water partition coefficient (Wildman–Crippen LogP) is 1.65. The molecular weight excluding hydrogens is 178 g/mol. The van der Waals surface area contributed by atoms with Gasteiger partial charge in [0.1, 0.15) is 5.75 Å². The highest BCUT2D eigenvalue weighted by Crippen LogP contribution is 2.24. The second kappa shape index (κ2) is 4.86. The van der Waals surface area contributed by atoms with Crippen molar-refractivity contribution in [3.8, 4) is 5.75 Å². The zero-order chi connectivity index (χ0) is 10.6. The molecule has 0 aromatic heterocycles. The van der Waals surface area contributed by atoms with Gasteiger partial charge in [-0.3, -0.25) is 0 Å². The molecule has 0 unspecified atom stereocenters. The molecule has 1 aromatic rings. The first-order valence-corrected chi connectivity index (χ1v) is 4.75. The van der Waals surface area contributed by atoms with E-state index >= 15 is 0 Å². The summed E-state index contributed by atoms with van der Waals surface area (Å²) in [6.45, 7) is 4.64. The van der Waals surface area contributed by atoms with Crippen molar-refractivity contribution in [2.75, 3.05) is 18.9 Å². The highest BCUT2D eigenvalue weighted by atomic mass is 16.5. The number of aliphatic hydroxyl groups excluding tert-OH is 1. The van der Waals surface area contributed by atoms with Gasteiger partial charge < -0.3 is 15.6 Å². The Bertz CT molecular complexity index is 310. The Hall–Kier alpha value is -1.22. The minimum absolute atomic E-state index is 0.153. The molecule has 0 radical (unpaired) electrons. The first-order valence-electron chi connectivity index (χ1n) is 4.75. The Morgan fingerprint density at radius 1 is 1.29 bits per heavy atom. The second-order valence-corrected chi connectivity index (χ2v) is 3.40. The summed E-state index contributed by atoms with van der Waals surface area (Å²) < 4.78 is 5.47. The molecule has 0 atom stereocenters. The standard InChI is InChI=1S/C11H17NO2/c1-8-6-9(2)11(7-10(8)12)14-5-3-4-13/h6-7,13H,3-5,12H2,1-2H3. The van der Waals surface area contributed by atoms with Gasteiger partial charge in [-0.15, -0.1) is 0 Å². The lowest BCUT2D eigenvalue weighted by molar-refractivity contribution is 0.233. The van der Waals surface area contributed by atoms with Crippen LogP contribution in [-0.2, 0) is 0 Å². The van der Waals surface area contributed by atoms with Gasteiger partial charge in [0.2, 0.25) is 0 Å². The van der Waals surface area contributed by atoms with E-state index in [1.807, 2.05) is 26.0 Å². The molecule has 3 nitrogen and oxygen atoms in total. The molecular formula is C11H17NO2. The van der Waals surface area contributed by atoms with Gasteiger partial charge in [-0.2, -0.15) is 0 Å². The summed E-state index contributed by atoms with van der Waals surface area (Å²) in [5, 5.41) is 8.61. The maximum absolute atomic E-state index is 8.61. The molecule has 0 aliphatic rings. The molecule has 0 amide bonds. The van der Waals surface area contributed by atoms with Gasteiger partial charge in [0.05, 0.1) is 6.61 Å². The summed E-state index contributed by atoms with van der Waals surface area (Å²) in [6.07, 6.45) is 0.646. The fourth-order valence-electron chi connectivity index (χ4n) is 1.25. The van der Waals surface area contributed by atoms with Gasteiger partial charge in [-0.25, -0.2) is 0 Å². The Labute approximate surface area is 84.5 Å². The molecule has 1 rings (SSSR count). The molecule has 1 aromatic carbocycles. The molecule has 0 aliphatic heterocycles. The molecule has 0 bridgehead atoms. The van der Waals surface area contributed by atoms with E-state index in [4.69, 9.17) is 15.6 Å². The van der Waals surface area contributed by atoms with Crippen LogP contribution in [0.3, 0.4) is 0 Å². The zero-order valence-electron chi connectivity index (χ0n) is 8.71. The largest absolute Gasteiger partial charge is 0.493 e. The number of aryl methyl sites for hydroxylation is 2. The summed E-state index contributed by atoms with van der Waals surface area (Å²) in [5.41, 5.74) is 8.65. The predicted molar refractivity (Wildman–Crippen MR) is 57.5 cm³/mol. The summed E-state index contributed by atoms with van der Waals surface area (Å²) in [4.78, 5) is 0. The van der Waals surface area contributed by atoms with Crippen molar-refractivity contribution in [1.29, 1.82) is 0 Å². The first-order chi connectivity index (χ1) is 6.65. The van der Waals surface area contributed by atoms with E-state index in [1.165, 1.54) is 0 Å². The van der Waals surface area contributed by atoms with E-state index in [9.17, 15) is 0 Å². The van der Waals surface area contributed by atoms with Gasteiger partial charge in [0.15, 0.2) is 0 Å². The van der Waals surface area contributed by atoms with Crippen molar-refractivity contribution >= 4 is 5.69 Å². The number of nitrogen functional groups attached to an aromatic ring is 1. The van der Waals surface area contributed by atoms with Gasteiger partial charge in [-0.05, 0) is 25.0 Å². The highest BCUT2D eigenvalue weighted by Gasteiger charge is 2.02. The Balaban J connectivity index is 2.72. The third kappa shape index (κ3) is 2.64. The Morgan fingerprint density at radius 2 is 2.00 bits per heavy atom. The fraction of sp³-hybridized carbons (Fsp3) is 0.455. The topological polar surface area (TPSA) is 55.5 Å². The lowest BCUT2D eigenvalue weighted by atomic mass is 10.1. The van der Waals surface area contributed by atoms with Gasteiger partial charge in [0, 0.05) is 24.8 Å². The molecule has 14 heavy (non-hydrogen) atoms. The average molecular weight is 195 g/mol. The van der Waals surface area contributed by atoms with Crippen LogP contribution in [0.25, 0.3) is 0 Å². The van der Waals surface area contributed by atoms with Crippen molar-refractivity contribution in [3.63, 3.8) is 0 Å². The highest BCUT2D eigenvalue weighted by molar-refractivity contribution is 5.54. The van der Waals surface area contributed by atoms with Crippen LogP contribution >= 0.6 is 0 Å². The third-order valence-corrected chi connectivity index (χ3v) is 2.12. The van der Waals surface area contributed by atoms with Crippen molar-refractivity contribution in [2.24, 2.45) is 0 Å². The van der Waals surface area contributed by atoms with Crippen LogP contribution in [0.4, 0.5) is 5.69 Å². The number of aliphatic hydroxyl groups is 1. The quantitative estimate of drug-likeness (QED) is 0.567. The molecule has 0 spiro atoms. The van der Waals surface area contributed by atoms with Gasteiger partial charge in [-0.1, -0.05) is 6.07 Å². The van der Waals surface area contributed by atoms with E-state index in [0.717, 1.165) is 22.6 Å². The number of hydrogen-bond acceptors (Lipinski definition) is 3. The normalized spacial score (nSPS) is 10.2. The van der Waals surface area contributed by atoms with Crippen LogP contribution in [-0.4, -0.2) is 18.3 Å². The molecule has 3 heteroatoms. The number of benzene rings is 1. The van der Waals surface area contributed by atoms with Crippen LogP contribution in [0.15, 0.2) is 12.1 Å². The van der Waals surface area contributed by atoms with Crippen LogP contribution in [0.2, 0.25) is 0 Å². The van der Waals surface area contributed by atoms with E-state index < -0.39 is 0 Å². The van der Waals surface area contributed by atoms with E-state index in [2.05, 4.69) is 0 Å². The van der Waals surface area contributed by atoms with E-state index in [-0.39, 0.29) is 6.61 Å². The second-order valence-electron chi connectivity index (χ2n) is 3.40. The Morgan fingerprint density at radius 3 is 2.64 bits per heavy atom. The Kier molecular flexibility index (Phi) is 3.77. The fourth-order valence-corrected chi connectivity index (χ4v) is 1.25. The zero-order valence-corrected chi connectivity index (χ0v) is 8.71. The molecule has 0 fully saturated rings.